The van der Waals surface area contributed by atoms with Crippen LogP contribution in [0.2, 0.25) is 0 Å². The summed E-state index contributed by atoms with van der Waals surface area (Å²) in [6.07, 6.45) is 40.1. The van der Waals surface area contributed by atoms with Crippen molar-refractivity contribution >= 4 is 71.7 Å². The quantitative estimate of drug-likeness (QED) is 0.111. The summed E-state index contributed by atoms with van der Waals surface area (Å²) < 4.78 is 0. The molecule has 0 heterocycles. The largest absolute Gasteiger partial charge is 0.311 e. The summed E-state index contributed by atoms with van der Waals surface area (Å²) in [5.74, 6) is 0. The molecule has 0 radical (unpaired) electrons. The van der Waals surface area contributed by atoms with E-state index in [1.807, 2.05) is 0 Å². The predicted octanol–water partition coefficient (Wildman–Crippen LogP) is 18.7. The number of benzene rings is 6. The van der Waals surface area contributed by atoms with E-state index in [4.69, 9.17) is 0 Å². The third-order valence-electron chi connectivity index (χ3n) is 13.3. The van der Waals surface area contributed by atoms with E-state index in [-0.39, 0.29) is 0 Å². The van der Waals surface area contributed by atoms with Crippen molar-refractivity contribution in [3.63, 3.8) is 0 Å². The minimum atomic E-state index is 1.12. The van der Waals surface area contributed by atoms with E-state index in [0.29, 0.717) is 0 Å². The van der Waals surface area contributed by atoms with Crippen LogP contribution in [0.25, 0.3) is 54.7 Å². The SMILES string of the molecule is C(=Cc1ccc(N(c2ccc(C=Cc3ccc(C=C4CCCCC4)cc3)cc2)c2ccc(C=Cc3ccc(C=C4CCCCC4)cc3)cc2)cc1)c1ccc(C=C2CCCCC2)cc1. The highest BCUT2D eigenvalue weighted by Gasteiger charge is 2.13. The number of allylic oxidation sites excluding steroid dienone is 3. The van der Waals surface area contributed by atoms with Gasteiger partial charge >= 0.3 is 0 Å². The minimum Gasteiger partial charge on any atom is -0.311 e. The van der Waals surface area contributed by atoms with Gasteiger partial charge in [0.1, 0.15) is 0 Å². The Morgan fingerprint density at radius 3 is 0.625 bits per heavy atom. The highest BCUT2D eigenvalue weighted by atomic mass is 15.1. The highest BCUT2D eigenvalue weighted by molar-refractivity contribution is 5.81. The Morgan fingerprint density at radius 1 is 0.219 bits per heavy atom. The summed E-state index contributed by atoms with van der Waals surface area (Å²) in [6.45, 7) is 0. The number of rotatable bonds is 12. The second kappa shape index (κ2) is 21.8. The van der Waals surface area contributed by atoms with Crippen LogP contribution < -0.4 is 4.90 Å². The van der Waals surface area contributed by atoms with Gasteiger partial charge in [0.15, 0.2) is 0 Å². The van der Waals surface area contributed by atoms with Gasteiger partial charge in [0, 0.05) is 17.1 Å². The maximum absolute atomic E-state index is 2.40. The lowest BCUT2D eigenvalue weighted by Crippen LogP contribution is -2.09. The first-order valence-electron chi connectivity index (χ1n) is 24.2. The molecule has 320 valence electrons. The Hall–Kier alpha value is -6.44. The minimum absolute atomic E-state index is 1.12. The Kier molecular flexibility index (Phi) is 14.6. The molecule has 0 bridgehead atoms. The third kappa shape index (κ3) is 12.2. The monoisotopic (exact) mass is 833 g/mol. The Bertz CT molecular complexity index is 2290. The lowest BCUT2D eigenvalue weighted by molar-refractivity contribution is 0.602. The molecule has 64 heavy (non-hydrogen) atoms. The molecule has 0 aliphatic heterocycles. The van der Waals surface area contributed by atoms with Gasteiger partial charge in [-0.3, -0.25) is 0 Å². The molecule has 3 aliphatic rings. The molecule has 0 amide bonds. The van der Waals surface area contributed by atoms with E-state index < -0.39 is 0 Å². The highest BCUT2D eigenvalue weighted by Crippen LogP contribution is 2.36. The van der Waals surface area contributed by atoms with Crippen molar-refractivity contribution in [2.24, 2.45) is 0 Å². The fraction of sp³-hybridized carbons (Fsp3) is 0.238. The summed E-state index contributed by atoms with van der Waals surface area (Å²) in [6, 6.07) is 53.7. The van der Waals surface area contributed by atoms with E-state index >= 15 is 0 Å². The first kappa shape index (κ1) is 42.8. The summed E-state index contributed by atoms with van der Waals surface area (Å²) >= 11 is 0. The molecule has 6 aromatic rings. The maximum Gasteiger partial charge on any atom is 0.0462 e. The second-order valence-corrected chi connectivity index (χ2v) is 18.2. The molecule has 0 atom stereocenters. The zero-order valence-electron chi connectivity index (χ0n) is 37.6. The Balaban J connectivity index is 0.910. The molecule has 1 nitrogen and oxygen atoms in total. The average Bonchev–Trinajstić information content (AvgIpc) is 3.36. The molecule has 1 heteroatoms. The van der Waals surface area contributed by atoms with Gasteiger partial charge in [0.05, 0.1) is 0 Å². The van der Waals surface area contributed by atoms with Crippen LogP contribution in [0.15, 0.2) is 162 Å². The molecule has 0 unspecified atom stereocenters. The van der Waals surface area contributed by atoms with Gasteiger partial charge in [-0.15, -0.1) is 0 Å². The summed E-state index contributed by atoms with van der Waals surface area (Å²) in [5.41, 5.74) is 19.3. The fourth-order valence-corrected chi connectivity index (χ4v) is 9.50. The van der Waals surface area contributed by atoms with Crippen LogP contribution in [-0.4, -0.2) is 0 Å². The van der Waals surface area contributed by atoms with E-state index in [0.717, 1.165) is 17.1 Å². The zero-order valence-corrected chi connectivity index (χ0v) is 37.6. The van der Waals surface area contributed by atoms with E-state index in [9.17, 15) is 0 Å². The standard InChI is InChI=1S/C63H63N/c1-4-10-55(11-5-1)46-58-28-22-49(23-29-58)16-19-52-34-40-61(41-35-52)64(62-42-36-53(37-43-62)20-17-50-24-30-59(31-25-50)47-56-12-6-2-7-13-56)63-44-38-54(39-45-63)21-18-51-26-32-60(33-27-51)48-57-14-8-3-9-15-57/h16-48H,1-15H2. The number of nitrogens with zero attached hydrogens (tertiary/aromatic N) is 1. The van der Waals surface area contributed by atoms with Crippen molar-refractivity contribution in [1.29, 1.82) is 0 Å². The molecular weight excluding hydrogens is 771 g/mol. The van der Waals surface area contributed by atoms with Gasteiger partial charge in [-0.05, 0) is 164 Å². The summed E-state index contributed by atoms with van der Waals surface area (Å²) in [4.78, 5) is 2.35. The molecule has 6 aromatic carbocycles. The fourth-order valence-electron chi connectivity index (χ4n) is 9.50. The van der Waals surface area contributed by atoms with Crippen LogP contribution in [-0.2, 0) is 0 Å². The molecule has 9 rings (SSSR count). The molecule has 3 aliphatic carbocycles. The normalized spacial score (nSPS) is 15.8. The van der Waals surface area contributed by atoms with Gasteiger partial charge in [-0.2, -0.15) is 0 Å². The topological polar surface area (TPSA) is 3.24 Å². The van der Waals surface area contributed by atoms with Crippen molar-refractivity contribution in [2.75, 3.05) is 4.90 Å². The average molecular weight is 834 g/mol. The van der Waals surface area contributed by atoms with Crippen LogP contribution in [0.4, 0.5) is 17.1 Å². The van der Waals surface area contributed by atoms with Crippen molar-refractivity contribution in [1.82, 2.24) is 0 Å². The Labute approximate surface area is 383 Å². The van der Waals surface area contributed by atoms with Crippen LogP contribution >= 0.6 is 0 Å². The van der Waals surface area contributed by atoms with Crippen molar-refractivity contribution in [2.45, 2.75) is 96.3 Å². The van der Waals surface area contributed by atoms with E-state index in [2.05, 4.69) is 205 Å². The van der Waals surface area contributed by atoms with Gasteiger partial charge in [-0.25, -0.2) is 0 Å². The van der Waals surface area contributed by atoms with Crippen molar-refractivity contribution in [3.05, 3.63) is 212 Å². The smallest absolute Gasteiger partial charge is 0.0462 e. The van der Waals surface area contributed by atoms with Gasteiger partial charge < -0.3 is 4.90 Å². The first-order valence-corrected chi connectivity index (χ1v) is 24.2. The van der Waals surface area contributed by atoms with E-state index in [1.165, 1.54) is 146 Å². The molecule has 0 N–H and O–H groups in total. The van der Waals surface area contributed by atoms with Crippen LogP contribution in [0, 0.1) is 0 Å². The van der Waals surface area contributed by atoms with Crippen LogP contribution in [0.1, 0.15) is 146 Å². The molecule has 0 saturated heterocycles. The van der Waals surface area contributed by atoms with Gasteiger partial charge in [-0.1, -0.05) is 200 Å². The second-order valence-electron chi connectivity index (χ2n) is 18.2. The lowest BCUT2D eigenvalue weighted by Gasteiger charge is -2.26. The predicted molar refractivity (Wildman–Crippen MR) is 280 cm³/mol. The summed E-state index contributed by atoms with van der Waals surface area (Å²) in [5, 5.41) is 0. The molecule has 0 aromatic heterocycles. The first-order chi connectivity index (χ1) is 31.6. The van der Waals surface area contributed by atoms with Gasteiger partial charge in [0.25, 0.3) is 0 Å². The number of hydrogen-bond acceptors (Lipinski definition) is 1. The van der Waals surface area contributed by atoms with Crippen molar-refractivity contribution in [3.8, 4) is 0 Å². The number of hydrogen-bond donors (Lipinski definition) is 0. The maximum atomic E-state index is 2.40. The van der Waals surface area contributed by atoms with Crippen LogP contribution in [0.3, 0.4) is 0 Å². The van der Waals surface area contributed by atoms with Crippen LogP contribution in [0.5, 0.6) is 0 Å². The third-order valence-corrected chi connectivity index (χ3v) is 13.3. The molecule has 3 fully saturated rings. The Morgan fingerprint density at radius 2 is 0.406 bits per heavy atom. The number of anilines is 3. The van der Waals surface area contributed by atoms with E-state index in [1.54, 1.807) is 16.7 Å². The molecular formula is C63H63N. The molecule has 0 spiro atoms. The lowest BCUT2D eigenvalue weighted by atomic mass is 9.93. The van der Waals surface area contributed by atoms with Crippen molar-refractivity contribution < 1.29 is 0 Å². The van der Waals surface area contributed by atoms with Gasteiger partial charge in [0.2, 0.25) is 0 Å². The zero-order chi connectivity index (χ0) is 43.2. The molecule has 3 saturated carbocycles. The summed E-state index contributed by atoms with van der Waals surface area (Å²) in [7, 11) is 0.